The van der Waals surface area contributed by atoms with Crippen molar-refractivity contribution in [3.8, 4) is 0 Å². The second-order valence-electron chi connectivity index (χ2n) is 7.61. The zero-order valence-electron chi connectivity index (χ0n) is 16.9. The number of aryl methyl sites for hydroxylation is 2. The molecule has 1 fully saturated rings. The molecule has 0 saturated carbocycles. The third kappa shape index (κ3) is 4.69. The smallest absolute Gasteiger partial charge is 0.237 e. The van der Waals surface area contributed by atoms with Crippen molar-refractivity contribution >= 4 is 11.6 Å². The summed E-state index contributed by atoms with van der Waals surface area (Å²) in [6, 6.07) is 16.7. The normalized spacial score (nSPS) is 17.4. The number of hydrogen-bond acceptors (Lipinski definition) is 3. The largest absolute Gasteiger partial charge is 0.369 e. The van der Waals surface area contributed by atoms with Gasteiger partial charge in [0.2, 0.25) is 5.91 Å². The van der Waals surface area contributed by atoms with Gasteiger partial charge in [-0.25, -0.2) is 0 Å². The number of carbonyl (C=O) groups is 1. The predicted octanol–water partition coefficient (Wildman–Crippen LogP) is 3.69. The van der Waals surface area contributed by atoms with E-state index < -0.39 is 0 Å². The zero-order chi connectivity index (χ0) is 19.4. The number of amides is 1. The van der Waals surface area contributed by atoms with Gasteiger partial charge in [-0.15, -0.1) is 0 Å². The number of rotatable bonds is 5. The standard InChI is InChI=1S/C23H31N3O/c1-17-10-11-22(16-18(17)2)26-14-12-25(13-15-26)20(4)23(27)24-19(3)21-8-6-5-7-9-21/h5-11,16,19-20H,12-15H2,1-4H3,(H,24,27)/t19-,20+/m1/s1. The van der Waals surface area contributed by atoms with Crippen molar-refractivity contribution in [3.63, 3.8) is 0 Å². The lowest BCUT2D eigenvalue weighted by Gasteiger charge is -2.39. The predicted molar refractivity (Wildman–Crippen MR) is 112 cm³/mol. The van der Waals surface area contributed by atoms with Crippen LogP contribution in [0, 0.1) is 13.8 Å². The molecule has 4 heteroatoms. The first-order valence-corrected chi connectivity index (χ1v) is 9.87. The van der Waals surface area contributed by atoms with E-state index in [4.69, 9.17) is 0 Å². The van der Waals surface area contributed by atoms with Gasteiger partial charge in [-0.05, 0) is 56.5 Å². The molecule has 0 aliphatic carbocycles. The molecular formula is C23H31N3O. The number of nitrogens with one attached hydrogen (secondary N) is 1. The Labute approximate surface area is 163 Å². The molecule has 2 aromatic rings. The van der Waals surface area contributed by atoms with Crippen molar-refractivity contribution in [3.05, 3.63) is 65.2 Å². The van der Waals surface area contributed by atoms with E-state index in [0.717, 1.165) is 31.7 Å². The Morgan fingerprint density at radius 1 is 0.926 bits per heavy atom. The average Bonchev–Trinajstić information content (AvgIpc) is 2.70. The molecule has 1 N–H and O–H groups in total. The molecule has 2 atom stereocenters. The molecular weight excluding hydrogens is 334 g/mol. The number of hydrogen-bond donors (Lipinski definition) is 1. The number of benzene rings is 2. The van der Waals surface area contributed by atoms with Gasteiger partial charge in [-0.1, -0.05) is 36.4 Å². The van der Waals surface area contributed by atoms with Crippen LogP contribution >= 0.6 is 0 Å². The van der Waals surface area contributed by atoms with Gasteiger partial charge < -0.3 is 10.2 Å². The molecule has 0 radical (unpaired) electrons. The Morgan fingerprint density at radius 3 is 2.22 bits per heavy atom. The van der Waals surface area contributed by atoms with E-state index in [0.29, 0.717) is 0 Å². The SMILES string of the molecule is Cc1ccc(N2CCN([C@@H](C)C(=O)N[C@H](C)c3ccccc3)CC2)cc1C. The lowest BCUT2D eigenvalue weighted by molar-refractivity contribution is -0.126. The number of piperazine rings is 1. The summed E-state index contributed by atoms with van der Waals surface area (Å²) in [5.41, 5.74) is 5.08. The van der Waals surface area contributed by atoms with E-state index in [-0.39, 0.29) is 18.0 Å². The van der Waals surface area contributed by atoms with Crippen molar-refractivity contribution in [2.45, 2.75) is 39.8 Å². The van der Waals surface area contributed by atoms with Crippen molar-refractivity contribution < 1.29 is 4.79 Å². The highest BCUT2D eigenvalue weighted by atomic mass is 16.2. The zero-order valence-corrected chi connectivity index (χ0v) is 16.9. The van der Waals surface area contributed by atoms with Crippen LogP contribution in [0.5, 0.6) is 0 Å². The van der Waals surface area contributed by atoms with Crippen molar-refractivity contribution in [2.75, 3.05) is 31.1 Å². The highest BCUT2D eigenvalue weighted by Gasteiger charge is 2.26. The first kappa shape index (κ1) is 19.4. The van der Waals surface area contributed by atoms with E-state index in [1.54, 1.807) is 0 Å². The Kier molecular flexibility index (Phi) is 6.17. The molecule has 1 saturated heterocycles. The second kappa shape index (κ2) is 8.57. The Hall–Kier alpha value is -2.33. The van der Waals surface area contributed by atoms with E-state index >= 15 is 0 Å². The van der Waals surface area contributed by atoms with Gasteiger partial charge in [0.15, 0.2) is 0 Å². The maximum absolute atomic E-state index is 12.7. The summed E-state index contributed by atoms with van der Waals surface area (Å²) in [6.45, 7) is 12.1. The molecule has 0 bridgehead atoms. The molecule has 1 heterocycles. The van der Waals surface area contributed by atoms with Crippen molar-refractivity contribution in [1.82, 2.24) is 10.2 Å². The fourth-order valence-electron chi connectivity index (χ4n) is 3.61. The van der Waals surface area contributed by atoms with Gasteiger partial charge in [0, 0.05) is 31.9 Å². The van der Waals surface area contributed by atoms with Crippen LogP contribution in [0.3, 0.4) is 0 Å². The molecule has 1 amide bonds. The Morgan fingerprint density at radius 2 is 1.59 bits per heavy atom. The highest BCUT2D eigenvalue weighted by Crippen LogP contribution is 2.21. The van der Waals surface area contributed by atoms with Crippen LogP contribution in [0.2, 0.25) is 0 Å². The van der Waals surface area contributed by atoms with Gasteiger partial charge in [0.05, 0.1) is 12.1 Å². The molecule has 1 aliphatic heterocycles. The molecule has 3 rings (SSSR count). The minimum Gasteiger partial charge on any atom is -0.369 e. The summed E-state index contributed by atoms with van der Waals surface area (Å²) < 4.78 is 0. The van der Waals surface area contributed by atoms with E-state index in [9.17, 15) is 4.79 Å². The van der Waals surface area contributed by atoms with Gasteiger partial charge in [0.25, 0.3) is 0 Å². The quantitative estimate of drug-likeness (QED) is 0.878. The molecule has 1 aliphatic rings. The molecule has 0 spiro atoms. The molecule has 0 unspecified atom stereocenters. The number of nitrogens with zero attached hydrogens (tertiary/aromatic N) is 2. The summed E-state index contributed by atoms with van der Waals surface area (Å²) in [4.78, 5) is 17.4. The van der Waals surface area contributed by atoms with Crippen molar-refractivity contribution in [2.24, 2.45) is 0 Å². The van der Waals surface area contributed by atoms with Gasteiger partial charge in [0.1, 0.15) is 0 Å². The maximum atomic E-state index is 12.7. The fourth-order valence-corrected chi connectivity index (χ4v) is 3.61. The van der Waals surface area contributed by atoms with Crippen LogP contribution in [-0.4, -0.2) is 43.0 Å². The summed E-state index contributed by atoms with van der Waals surface area (Å²) in [7, 11) is 0. The van der Waals surface area contributed by atoms with Crippen molar-refractivity contribution in [1.29, 1.82) is 0 Å². The van der Waals surface area contributed by atoms with E-state index in [2.05, 4.69) is 59.3 Å². The van der Waals surface area contributed by atoms with Crippen LogP contribution in [0.15, 0.2) is 48.5 Å². The second-order valence-corrected chi connectivity index (χ2v) is 7.61. The van der Waals surface area contributed by atoms with Crippen LogP contribution in [-0.2, 0) is 4.79 Å². The lowest BCUT2D eigenvalue weighted by atomic mass is 10.1. The molecule has 2 aromatic carbocycles. The summed E-state index contributed by atoms with van der Waals surface area (Å²) in [6.07, 6.45) is 0. The summed E-state index contributed by atoms with van der Waals surface area (Å²) >= 11 is 0. The Balaban J connectivity index is 1.53. The molecule has 0 aromatic heterocycles. The van der Waals surface area contributed by atoms with Crippen LogP contribution in [0.25, 0.3) is 0 Å². The summed E-state index contributed by atoms with van der Waals surface area (Å²) in [5, 5.41) is 3.16. The van der Waals surface area contributed by atoms with Gasteiger partial charge in [-0.2, -0.15) is 0 Å². The van der Waals surface area contributed by atoms with E-state index in [1.165, 1.54) is 16.8 Å². The van der Waals surface area contributed by atoms with Gasteiger partial charge in [-0.3, -0.25) is 9.69 Å². The number of carbonyl (C=O) groups excluding carboxylic acids is 1. The maximum Gasteiger partial charge on any atom is 0.237 e. The first-order chi connectivity index (χ1) is 13.0. The van der Waals surface area contributed by atoms with Gasteiger partial charge >= 0.3 is 0 Å². The molecule has 27 heavy (non-hydrogen) atoms. The fraction of sp³-hybridized carbons (Fsp3) is 0.435. The van der Waals surface area contributed by atoms with Crippen LogP contribution < -0.4 is 10.2 Å². The minimum atomic E-state index is -0.113. The highest BCUT2D eigenvalue weighted by molar-refractivity contribution is 5.81. The number of anilines is 1. The minimum absolute atomic E-state index is 0.0259. The van der Waals surface area contributed by atoms with Crippen LogP contribution in [0.1, 0.15) is 36.6 Å². The topological polar surface area (TPSA) is 35.6 Å². The lowest BCUT2D eigenvalue weighted by Crippen LogP contribution is -2.54. The summed E-state index contributed by atoms with van der Waals surface area (Å²) in [5.74, 6) is 0.103. The van der Waals surface area contributed by atoms with E-state index in [1.807, 2.05) is 32.0 Å². The monoisotopic (exact) mass is 365 g/mol. The third-order valence-electron chi connectivity index (χ3n) is 5.76. The third-order valence-corrected chi connectivity index (χ3v) is 5.76. The first-order valence-electron chi connectivity index (χ1n) is 9.87. The average molecular weight is 366 g/mol. The van der Waals surface area contributed by atoms with Crippen LogP contribution in [0.4, 0.5) is 5.69 Å². The Bertz CT molecular complexity index is 766. The molecule has 144 valence electrons. The molecule has 4 nitrogen and oxygen atoms in total.